The van der Waals surface area contributed by atoms with Gasteiger partial charge in [-0.2, -0.15) is 0 Å². The Kier molecular flexibility index (Phi) is 6.69. The molecule has 0 aliphatic rings. The normalized spacial score (nSPS) is 11.2. The lowest BCUT2D eigenvalue weighted by Gasteiger charge is -2.09. The number of aryl methyl sites for hydroxylation is 1. The zero-order valence-electron chi connectivity index (χ0n) is 15.9. The Morgan fingerprint density at radius 3 is 2.07 bits per heavy atom. The van der Waals surface area contributed by atoms with Crippen molar-refractivity contribution in [3.05, 3.63) is 100 Å². The molecule has 3 rings (SSSR count). The SMILES string of the molecule is Cc1ccccc1C(=O)NCc1ccc(CNS(=O)(=O)c2ccc(Cl)cc2)cc1. The molecule has 3 aromatic rings. The molecule has 0 aromatic heterocycles. The molecule has 0 saturated heterocycles. The van der Waals surface area contributed by atoms with Gasteiger partial charge in [0.2, 0.25) is 10.0 Å². The minimum atomic E-state index is -3.61. The van der Waals surface area contributed by atoms with Crippen LogP contribution in [0, 0.1) is 6.92 Å². The second kappa shape index (κ2) is 9.22. The smallest absolute Gasteiger partial charge is 0.251 e. The monoisotopic (exact) mass is 428 g/mol. The number of benzene rings is 3. The Morgan fingerprint density at radius 1 is 0.862 bits per heavy atom. The lowest BCUT2D eigenvalue weighted by Crippen LogP contribution is -2.24. The summed E-state index contributed by atoms with van der Waals surface area (Å²) in [7, 11) is -3.61. The molecule has 0 radical (unpaired) electrons. The lowest BCUT2D eigenvalue weighted by molar-refractivity contribution is 0.0950. The highest BCUT2D eigenvalue weighted by Gasteiger charge is 2.13. The van der Waals surface area contributed by atoms with Crippen molar-refractivity contribution in [2.45, 2.75) is 24.9 Å². The third-order valence-electron chi connectivity index (χ3n) is 4.46. The molecule has 150 valence electrons. The summed E-state index contributed by atoms with van der Waals surface area (Å²) in [5.41, 5.74) is 3.32. The van der Waals surface area contributed by atoms with Gasteiger partial charge < -0.3 is 5.32 Å². The van der Waals surface area contributed by atoms with Crippen LogP contribution in [0.25, 0.3) is 0 Å². The van der Waals surface area contributed by atoms with E-state index < -0.39 is 10.0 Å². The molecule has 0 aliphatic heterocycles. The maximum absolute atomic E-state index is 12.3. The van der Waals surface area contributed by atoms with E-state index in [4.69, 9.17) is 11.6 Å². The summed E-state index contributed by atoms with van der Waals surface area (Å²) in [6.07, 6.45) is 0. The Balaban J connectivity index is 1.55. The van der Waals surface area contributed by atoms with Crippen molar-refractivity contribution in [3.63, 3.8) is 0 Å². The first-order valence-electron chi connectivity index (χ1n) is 9.02. The van der Waals surface area contributed by atoms with Gasteiger partial charge in [0.05, 0.1) is 4.90 Å². The van der Waals surface area contributed by atoms with Crippen molar-refractivity contribution in [2.24, 2.45) is 0 Å². The van der Waals surface area contributed by atoms with E-state index in [9.17, 15) is 13.2 Å². The summed E-state index contributed by atoms with van der Waals surface area (Å²) in [6.45, 7) is 2.46. The first kappa shape index (κ1) is 21.0. The van der Waals surface area contributed by atoms with Crippen LogP contribution in [0.4, 0.5) is 0 Å². The average Bonchev–Trinajstić information content (AvgIpc) is 2.72. The largest absolute Gasteiger partial charge is 0.348 e. The molecule has 3 aromatic carbocycles. The molecule has 7 heteroatoms. The molecule has 2 N–H and O–H groups in total. The van der Waals surface area contributed by atoms with E-state index in [-0.39, 0.29) is 17.3 Å². The minimum absolute atomic E-state index is 0.122. The minimum Gasteiger partial charge on any atom is -0.348 e. The molecular weight excluding hydrogens is 408 g/mol. The fraction of sp³-hybridized carbons (Fsp3) is 0.136. The molecule has 0 atom stereocenters. The van der Waals surface area contributed by atoms with Crippen LogP contribution in [-0.2, 0) is 23.1 Å². The van der Waals surface area contributed by atoms with Crippen molar-refractivity contribution < 1.29 is 13.2 Å². The molecule has 0 aliphatic carbocycles. The summed E-state index contributed by atoms with van der Waals surface area (Å²) in [5, 5.41) is 3.38. The average molecular weight is 429 g/mol. The van der Waals surface area contributed by atoms with Gasteiger partial charge in [-0.15, -0.1) is 0 Å². The quantitative estimate of drug-likeness (QED) is 0.596. The number of sulfonamides is 1. The molecule has 1 amide bonds. The van der Waals surface area contributed by atoms with Gasteiger partial charge >= 0.3 is 0 Å². The number of hydrogen-bond donors (Lipinski definition) is 2. The molecule has 0 bridgehead atoms. The maximum Gasteiger partial charge on any atom is 0.251 e. The van der Waals surface area contributed by atoms with Crippen molar-refractivity contribution in [3.8, 4) is 0 Å². The van der Waals surface area contributed by atoms with E-state index in [0.29, 0.717) is 17.1 Å². The van der Waals surface area contributed by atoms with Gasteiger partial charge in [0, 0.05) is 23.7 Å². The molecule has 0 fully saturated rings. The standard InChI is InChI=1S/C22H21ClN2O3S/c1-16-4-2-3-5-21(16)22(26)24-14-17-6-8-18(9-7-17)15-25-29(27,28)20-12-10-19(23)11-13-20/h2-13,25H,14-15H2,1H3,(H,24,26). The number of halogens is 1. The third kappa shape index (κ3) is 5.67. The van der Waals surface area contributed by atoms with E-state index in [1.165, 1.54) is 24.3 Å². The number of hydrogen-bond acceptors (Lipinski definition) is 3. The van der Waals surface area contributed by atoms with Gasteiger partial charge in [-0.1, -0.05) is 54.1 Å². The molecule has 5 nitrogen and oxygen atoms in total. The number of nitrogens with one attached hydrogen (secondary N) is 2. The topological polar surface area (TPSA) is 75.3 Å². The second-order valence-corrected chi connectivity index (χ2v) is 8.80. The molecule has 0 spiro atoms. The van der Waals surface area contributed by atoms with E-state index in [0.717, 1.165) is 16.7 Å². The zero-order chi connectivity index (χ0) is 20.9. The highest BCUT2D eigenvalue weighted by molar-refractivity contribution is 7.89. The van der Waals surface area contributed by atoms with Crippen LogP contribution >= 0.6 is 11.6 Å². The van der Waals surface area contributed by atoms with Gasteiger partial charge in [-0.05, 0) is 53.9 Å². The first-order valence-corrected chi connectivity index (χ1v) is 10.9. The molecule has 29 heavy (non-hydrogen) atoms. The Morgan fingerprint density at radius 2 is 1.45 bits per heavy atom. The van der Waals surface area contributed by atoms with E-state index in [1.807, 2.05) is 49.4 Å². The van der Waals surface area contributed by atoms with E-state index >= 15 is 0 Å². The lowest BCUT2D eigenvalue weighted by atomic mass is 10.1. The Bertz CT molecular complexity index is 1100. The maximum atomic E-state index is 12.3. The summed E-state index contributed by atoms with van der Waals surface area (Å²) in [6, 6.07) is 20.8. The fourth-order valence-corrected chi connectivity index (χ4v) is 3.90. The molecular formula is C22H21ClN2O3S. The second-order valence-electron chi connectivity index (χ2n) is 6.59. The third-order valence-corrected chi connectivity index (χ3v) is 6.13. The zero-order valence-corrected chi connectivity index (χ0v) is 17.4. The predicted molar refractivity (Wildman–Crippen MR) is 114 cm³/mol. The van der Waals surface area contributed by atoms with Gasteiger partial charge in [0.15, 0.2) is 0 Å². The summed E-state index contributed by atoms with van der Waals surface area (Å²) in [4.78, 5) is 12.4. The molecule has 0 saturated carbocycles. The van der Waals surface area contributed by atoms with Gasteiger partial charge in [-0.25, -0.2) is 13.1 Å². The van der Waals surface area contributed by atoms with Gasteiger partial charge in [0.1, 0.15) is 0 Å². The van der Waals surface area contributed by atoms with Crippen LogP contribution in [0.2, 0.25) is 5.02 Å². The Labute approximate surface area is 175 Å². The van der Waals surface area contributed by atoms with Gasteiger partial charge in [0.25, 0.3) is 5.91 Å². The van der Waals surface area contributed by atoms with E-state index in [1.54, 1.807) is 6.07 Å². The number of carbonyl (C=O) groups is 1. The number of amides is 1. The van der Waals surface area contributed by atoms with E-state index in [2.05, 4.69) is 10.0 Å². The van der Waals surface area contributed by atoms with Crippen molar-refractivity contribution in [2.75, 3.05) is 0 Å². The highest BCUT2D eigenvalue weighted by atomic mass is 35.5. The number of carbonyl (C=O) groups excluding carboxylic acids is 1. The molecule has 0 heterocycles. The Hall–Kier alpha value is -2.67. The van der Waals surface area contributed by atoms with Crippen LogP contribution in [0.1, 0.15) is 27.0 Å². The summed E-state index contributed by atoms with van der Waals surface area (Å²) >= 11 is 5.80. The van der Waals surface area contributed by atoms with Crippen LogP contribution in [0.15, 0.2) is 77.7 Å². The summed E-state index contributed by atoms with van der Waals surface area (Å²) in [5.74, 6) is -0.122. The van der Waals surface area contributed by atoms with Crippen molar-refractivity contribution >= 4 is 27.5 Å². The number of rotatable bonds is 7. The van der Waals surface area contributed by atoms with Crippen LogP contribution < -0.4 is 10.0 Å². The predicted octanol–water partition coefficient (Wildman–Crippen LogP) is 4.06. The van der Waals surface area contributed by atoms with Gasteiger partial charge in [-0.3, -0.25) is 4.79 Å². The first-order chi connectivity index (χ1) is 13.8. The van der Waals surface area contributed by atoms with Crippen LogP contribution in [-0.4, -0.2) is 14.3 Å². The van der Waals surface area contributed by atoms with Crippen molar-refractivity contribution in [1.29, 1.82) is 0 Å². The highest BCUT2D eigenvalue weighted by Crippen LogP contribution is 2.14. The fourth-order valence-electron chi connectivity index (χ4n) is 2.76. The summed E-state index contributed by atoms with van der Waals surface area (Å²) < 4.78 is 27.2. The van der Waals surface area contributed by atoms with Crippen molar-refractivity contribution in [1.82, 2.24) is 10.0 Å². The van der Waals surface area contributed by atoms with Crippen LogP contribution in [0.3, 0.4) is 0 Å². The molecule has 0 unspecified atom stereocenters. The van der Waals surface area contributed by atoms with Crippen LogP contribution in [0.5, 0.6) is 0 Å².